The lowest BCUT2D eigenvalue weighted by molar-refractivity contribution is 0.344. The number of ether oxygens (including phenoxy) is 2. The summed E-state index contributed by atoms with van der Waals surface area (Å²) in [6.07, 6.45) is 3.63. The number of pyridine rings is 2. The lowest BCUT2D eigenvalue weighted by Gasteiger charge is -2.12. The number of aromatic nitrogens is 4. The number of nitrogens with zero attached hydrogens (tertiary/aromatic N) is 4. The molecule has 0 aliphatic rings. The molecular weight excluding hydrogens is 646 g/mol. The van der Waals surface area contributed by atoms with Crippen LogP contribution in [-0.4, -0.2) is 45.6 Å². The maximum Gasteiger partial charge on any atom is 0.269 e. The van der Waals surface area contributed by atoms with E-state index in [0.29, 0.717) is 23.4 Å². The molecule has 38 heavy (non-hydrogen) atoms. The average molecular weight is 669 g/mol. The molecule has 8 nitrogen and oxygen atoms in total. The Labute approximate surface area is 237 Å². The monoisotopic (exact) mass is 668 g/mol. The summed E-state index contributed by atoms with van der Waals surface area (Å²) in [5, 5.41) is -0.0408. The molecule has 4 aromatic heterocycles. The number of hydrogen-bond donors (Lipinski definition) is 0. The highest BCUT2D eigenvalue weighted by molar-refractivity contribution is 14.1. The zero-order chi connectivity index (χ0) is 27.2. The van der Waals surface area contributed by atoms with E-state index in [1.54, 1.807) is 12.1 Å². The smallest absolute Gasteiger partial charge is 0.269 e. The molecule has 0 aliphatic heterocycles. The van der Waals surface area contributed by atoms with Gasteiger partial charge in [0.25, 0.3) is 15.9 Å². The Kier molecular flexibility index (Phi) is 7.27. The van der Waals surface area contributed by atoms with Gasteiger partial charge in [-0.25, -0.2) is 26.7 Å². The van der Waals surface area contributed by atoms with Gasteiger partial charge in [-0.2, -0.15) is 0 Å². The summed E-state index contributed by atoms with van der Waals surface area (Å²) in [5.41, 5.74) is 2.90. The molecule has 0 saturated heterocycles. The Hall–Kier alpha value is -2.90. The molecule has 198 valence electrons. The molecule has 5 rings (SSSR count). The van der Waals surface area contributed by atoms with E-state index >= 15 is 0 Å². The van der Waals surface area contributed by atoms with E-state index in [9.17, 15) is 12.8 Å². The predicted octanol–water partition coefficient (Wildman–Crippen LogP) is 6.23. The van der Waals surface area contributed by atoms with E-state index in [0.717, 1.165) is 32.1 Å². The molecule has 0 bridgehead atoms. The second-order valence-electron chi connectivity index (χ2n) is 8.62. The van der Waals surface area contributed by atoms with E-state index in [1.165, 1.54) is 32.4 Å². The van der Waals surface area contributed by atoms with Crippen molar-refractivity contribution in [2.24, 2.45) is 0 Å². The maximum atomic E-state index is 14.4. The number of aryl methyl sites for hydroxylation is 2. The van der Waals surface area contributed by atoms with Crippen LogP contribution in [0.2, 0.25) is 5.02 Å². The minimum atomic E-state index is -4.17. The fraction of sp³-hybridized carbons (Fsp3) is 0.231. The molecule has 0 atom stereocenters. The quantitative estimate of drug-likeness (QED) is 0.144. The lowest BCUT2D eigenvalue weighted by atomic mass is 10.2. The fourth-order valence-electron chi connectivity index (χ4n) is 4.38. The van der Waals surface area contributed by atoms with Gasteiger partial charge in [-0.15, -0.1) is 0 Å². The van der Waals surface area contributed by atoms with Crippen molar-refractivity contribution < 1.29 is 22.3 Å². The number of hydrogen-bond acceptors (Lipinski definition) is 6. The largest absolute Gasteiger partial charge is 0.491 e. The molecule has 12 heteroatoms. The maximum absolute atomic E-state index is 14.4. The highest BCUT2D eigenvalue weighted by Gasteiger charge is 2.29. The number of fused-ring (bicyclic) bond motifs is 2. The Bertz CT molecular complexity index is 1790. The predicted molar refractivity (Wildman–Crippen MR) is 154 cm³/mol. The van der Waals surface area contributed by atoms with Crippen LogP contribution in [0.15, 0.2) is 53.7 Å². The normalized spacial score (nSPS) is 11.9. The minimum Gasteiger partial charge on any atom is -0.491 e. The van der Waals surface area contributed by atoms with Crippen LogP contribution in [0.3, 0.4) is 0 Å². The van der Waals surface area contributed by atoms with Gasteiger partial charge in [-0.05, 0) is 31.5 Å². The zero-order valence-corrected chi connectivity index (χ0v) is 24.4. The second-order valence-corrected chi connectivity index (χ2v) is 11.9. The third-order valence-corrected chi connectivity index (χ3v) is 9.11. The van der Waals surface area contributed by atoms with Crippen LogP contribution in [0.25, 0.3) is 33.3 Å². The first kappa shape index (κ1) is 26.7. The van der Waals surface area contributed by atoms with E-state index in [-0.39, 0.29) is 32.5 Å². The standard InChI is InChI=1S/C26H23ClFIN4O4S/c1-15-5-7-16(8-6-15)38(34,35)33-20(11-17-23(27)19(28)13-30-25(17)33)18-14-32(10-4-9-29)21-12-22(36-2)26(37-3)31-24(18)21/h5-8,11-14H,4,9-10H2,1-3H3. The summed E-state index contributed by atoms with van der Waals surface area (Å²) in [6.45, 7) is 2.53. The van der Waals surface area contributed by atoms with Gasteiger partial charge in [0.1, 0.15) is 5.52 Å². The summed E-state index contributed by atoms with van der Waals surface area (Å²) in [5.74, 6) is -0.0521. The van der Waals surface area contributed by atoms with Crippen molar-refractivity contribution in [3.63, 3.8) is 0 Å². The molecule has 0 radical (unpaired) electrons. The van der Waals surface area contributed by atoms with Gasteiger partial charge in [0.2, 0.25) is 0 Å². The van der Waals surface area contributed by atoms with E-state index in [4.69, 9.17) is 21.1 Å². The van der Waals surface area contributed by atoms with Crippen LogP contribution >= 0.6 is 34.2 Å². The molecule has 0 saturated carbocycles. The van der Waals surface area contributed by atoms with Crippen LogP contribution in [-0.2, 0) is 16.6 Å². The molecule has 5 aromatic rings. The van der Waals surface area contributed by atoms with Gasteiger partial charge in [0, 0.05) is 34.2 Å². The summed E-state index contributed by atoms with van der Waals surface area (Å²) in [6, 6.07) is 9.84. The van der Waals surface area contributed by atoms with Gasteiger partial charge in [0.15, 0.2) is 17.2 Å². The van der Waals surface area contributed by atoms with Crippen LogP contribution < -0.4 is 9.47 Å². The van der Waals surface area contributed by atoms with Gasteiger partial charge in [-0.1, -0.05) is 51.9 Å². The van der Waals surface area contributed by atoms with E-state index < -0.39 is 15.8 Å². The molecule has 0 unspecified atom stereocenters. The Morgan fingerprint density at radius 1 is 1.13 bits per heavy atom. The summed E-state index contributed by atoms with van der Waals surface area (Å²) >= 11 is 8.62. The first-order chi connectivity index (χ1) is 18.2. The summed E-state index contributed by atoms with van der Waals surface area (Å²) < 4.78 is 57.5. The van der Waals surface area contributed by atoms with E-state index in [2.05, 4.69) is 32.6 Å². The Morgan fingerprint density at radius 2 is 1.87 bits per heavy atom. The lowest BCUT2D eigenvalue weighted by Crippen LogP contribution is -2.15. The first-order valence-corrected chi connectivity index (χ1v) is 14.9. The Balaban J connectivity index is 1.89. The molecule has 0 aliphatic carbocycles. The Morgan fingerprint density at radius 3 is 2.53 bits per heavy atom. The summed E-state index contributed by atoms with van der Waals surface area (Å²) in [7, 11) is -1.17. The first-order valence-electron chi connectivity index (χ1n) is 11.6. The molecule has 1 aromatic carbocycles. The zero-order valence-electron chi connectivity index (χ0n) is 20.7. The molecule has 0 spiro atoms. The highest BCUT2D eigenvalue weighted by atomic mass is 127. The fourth-order valence-corrected chi connectivity index (χ4v) is 6.39. The van der Waals surface area contributed by atoms with Gasteiger partial charge in [-0.3, -0.25) is 0 Å². The third kappa shape index (κ3) is 4.39. The number of rotatable bonds is 8. The second kappa shape index (κ2) is 10.3. The molecule has 4 heterocycles. The molecule has 0 amide bonds. The number of halogens is 3. The van der Waals surface area contributed by atoms with E-state index in [1.807, 2.05) is 23.8 Å². The number of benzene rings is 1. The van der Waals surface area contributed by atoms with Crippen LogP contribution in [0.4, 0.5) is 4.39 Å². The molecule has 0 fully saturated rings. The van der Waals surface area contributed by atoms with Crippen molar-refractivity contribution >= 4 is 66.3 Å². The van der Waals surface area contributed by atoms with Crippen LogP contribution in [0.5, 0.6) is 11.6 Å². The van der Waals surface area contributed by atoms with Crippen molar-refractivity contribution in [3.05, 3.63) is 65.2 Å². The van der Waals surface area contributed by atoms with Gasteiger partial charge in [0.05, 0.1) is 41.5 Å². The highest BCUT2D eigenvalue weighted by Crippen LogP contribution is 2.40. The van der Waals surface area contributed by atoms with Crippen LogP contribution in [0.1, 0.15) is 12.0 Å². The van der Waals surface area contributed by atoms with Crippen LogP contribution in [0, 0.1) is 12.7 Å². The SMILES string of the molecule is COc1cc2c(nc1OC)c(-c1cc3c(Cl)c(F)cnc3n1S(=O)(=O)c1ccc(C)cc1)cn2CCCI. The molecule has 0 N–H and O–H groups in total. The number of alkyl halides is 1. The third-order valence-electron chi connectivity index (χ3n) is 6.24. The van der Waals surface area contributed by atoms with Crippen molar-refractivity contribution in [3.8, 4) is 22.9 Å². The topological polar surface area (TPSA) is 88.2 Å². The minimum absolute atomic E-state index is 0.0145. The number of methoxy groups -OCH3 is 2. The van der Waals surface area contributed by atoms with Crippen molar-refractivity contribution in [1.29, 1.82) is 0 Å². The van der Waals surface area contributed by atoms with Crippen molar-refractivity contribution in [2.45, 2.75) is 24.8 Å². The molecular formula is C26H23ClFIN4O4S. The van der Waals surface area contributed by atoms with Gasteiger partial charge < -0.3 is 14.0 Å². The summed E-state index contributed by atoms with van der Waals surface area (Å²) in [4.78, 5) is 8.89. The van der Waals surface area contributed by atoms with Crippen molar-refractivity contribution in [2.75, 3.05) is 18.6 Å². The van der Waals surface area contributed by atoms with Gasteiger partial charge >= 0.3 is 0 Å². The average Bonchev–Trinajstić information content (AvgIpc) is 3.47. The van der Waals surface area contributed by atoms with Crippen molar-refractivity contribution in [1.82, 2.24) is 18.5 Å².